The molecule has 0 radical (unpaired) electrons. The first-order valence-corrected chi connectivity index (χ1v) is 5.54. The van der Waals surface area contributed by atoms with Crippen LogP contribution >= 0.6 is 0 Å². The number of aryl methyl sites for hydroxylation is 1. The Hall–Kier alpha value is -1.94. The van der Waals surface area contributed by atoms with Gasteiger partial charge in [0.1, 0.15) is 0 Å². The number of hydrogen-bond acceptors (Lipinski definition) is 4. The van der Waals surface area contributed by atoms with Crippen molar-refractivity contribution in [1.82, 2.24) is 9.97 Å². The van der Waals surface area contributed by atoms with Gasteiger partial charge in [0.2, 0.25) is 0 Å². The second kappa shape index (κ2) is 4.93. The third-order valence-electron chi connectivity index (χ3n) is 2.67. The minimum absolute atomic E-state index is 0.151. The molecule has 0 amide bonds. The predicted molar refractivity (Wildman–Crippen MR) is 68.3 cm³/mol. The highest BCUT2D eigenvalue weighted by Gasteiger charge is 2.10. The zero-order chi connectivity index (χ0) is 12.3. The summed E-state index contributed by atoms with van der Waals surface area (Å²) in [6.45, 7) is 1.95. The number of anilines is 1. The van der Waals surface area contributed by atoms with E-state index in [-0.39, 0.29) is 6.04 Å². The third kappa shape index (κ3) is 2.79. The summed E-state index contributed by atoms with van der Waals surface area (Å²) in [7, 11) is 0. The summed E-state index contributed by atoms with van der Waals surface area (Å²) >= 11 is 0. The van der Waals surface area contributed by atoms with E-state index in [9.17, 15) is 0 Å². The lowest BCUT2D eigenvalue weighted by atomic mass is 10.0. The van der Waals surface area contributed by atoms with Gasteiger partial charge in [-0.1, -0.05) is 6.07 Å². The standard InChI is InChI=1S/C13H16N4/c1-9-3-2-4-13(17-9)12(15)7-10-8-16-6-5-11(10)14/h2-6,8,12H,7,15H2,1H3,(H2,14,16). The van der Waals surface area contributed by atoms with Crippen molar-refractivity contribution >= 4 is 5.69 Å². The number of nitrogens with zero attached hydrogens (tertiary/aromatic N) is 2. The summed E-state index contributed by atoms with van der Waals surface area (Å²) < 4.78 is 0. The molecule has 4 N–H and O–H groups in total. The molecular weight excluding hydrogens is 212 g/mol. The molecule has 88 valence electrons. The van der Waals surface area contributed by atoms with Crippen LogP contribution in [0.4, 0.5) is 5.69 Å². The second-order valence-electron chi connectivity index (χ2n) is 4.09. The average Bonchev–Trinajstić information content (AvgIpc) is 2.32. The van der Waals surface area contributed by atoms with E-state index in [1.807, 2.05) is 25.1 Å². The Kier molecular flexibility index (Phi) is 3.35. The van der Waals surface area contributed by atoms with Crippen molar-refractivity contribution in [2.75, 3.05) is 5.73 Å². The van der Waals surface area contributed by atoms with E-state index < -0.39 is 0 Å². The average molecular weight is 228 g/mol. The first kappa shape index (κ1) is 11.5. The van der Waals surface area contributed by atoms with Crippen molar-refractivity contribution in [1.29, 1.82) is 0 Å². The fourth-order valence-corrected chi connectivity index (χ4v) is 1.72. The molecule has 0 aliphatic heterocycles. The fraction of sp³-hybridized carbons (Fsp3) is 0.231. The Bertz CT molecular complexity index is 510. The number of nitrogen functional groups attached to an aromatic ring is 1. The van der Waals surface area contributed by atoms with Gasteiger partial charge in [-0.25, -0.2) is 0 Å². The van der Waals surface area contributed by atoms with Crippen molar-refractivity contribution in [2.24, 2.45) is 5.73 Å². The third-order valence-corrected chi connectivity index (χ3v) is 2.67. The summed E-state index contributed by atoms with van der Waals surface area (Å²) in [6.07, 6.45) is 4.08. The molecule has 2 rings (SSSR count). The fourth-order valence-electron chi connectivity index (χ4n) is 1.72. The lowest BCUT2D eigenvalue weighted by Crippen LogP contribution is -2.16. The normalized spacial score (nSPS) is 12.4. The van der Waals surface area contributed by atoms with E-state index in [1.165, 1.54) is 0 Å². The Morgan fingerprint density at radius 3 is 2.82 bits per heavy atom. The maximum absolute atomic E-state index is 6.12. The van der Waals surface area contributed by atoms with Gasteiger partial charge in [-0.15, -0.1) is 0 Å². The minimum Gasteiger partial charge on any atom is -0.398 e. The summed E-state index contributed by atoms with van der Waals surface area (Å²) in [5.74, 6) is 0. The van der Waals surface area contributed by atoms with E-state index >= 15 is 0 Å². The van der Waals surface area contributed by atoms with Crippen LogP contribution in [0.25, 0.3) is 0 Å². The first-order chi connectivity index (χ1) is 8.16. The molecule has 0 aromatic carbocycles. The Balaban J connectivity index is 2.17. The molecule has 1 unspecified atom stereocenters. The molecule has 0 aliphatic carbocycles. The van der Waals surface area contributed by atoms with Crippen LogP contribution in [-0.2, 0) is 6.42 Å². The first-order valence-electron chi connectivity index (χ1n) is 5.54. The van der Waals surface area contributed by atoms with Gasteiger partial charge in [0.25, 0.3) is 0 Å². The topological polar surface area (TPSA) is 77.8 Å². The molecule has 0 saturated heterocycles. The van der Waals surface area contributed by atoms with Crippen molar-refractivity contribution < 1.29 is 0 Å². The minimum atomic E-state index is -0.151. The van der Waals surface area contributed by atoms with Gasteiger partial charge in [-0.05, 0) is 37.1 Å². The Labute approximate surface area is 101 Å². The highest BCUT2D eigenvalue weighted by atomic mass is 14.8. The van der Waals surface area contributed by atoms with Crippen molar-refractivity contribution in [3.05, 3.63) is 53.6 Å². The van der Waals surface area contributed by atoms with Gasteiger partial charge < -0.3 is 11.5 Å². The molecule has 0 fully saturated rings. The molecule has 1 atom stereocenters. The van der Waals surface area contributed by atoms with Gasteiger partial charge in [-0.2, -0.15) is 0 Å². The highest BCUT2D eigenvalue weighted by Crippen LogP contribution is 2.18. The maximum Gasteiger partial charge on any atom is 0.0577 e. The molecule has 0 bridgehead atoms. The van der Waals surface area contributed by atoms with Gasteiger partial charge >= 0.3 is 0 Å². The van der Waals surface area contributed by atoms with Crippen LogP contribution in [-0.4, -0.2) is 9.97 Å². The van der Waals surface area contributed by atoms with E-state index in [1.54, 1.807) is 18.5 Å². The molecule has 2 heterocycles. The molecular formula is C13H16N4. The zero-order valence-electron chi connectivity index (χ0n) is 9.80. The molecule has 0 saturated carbocycles. The van der Waals surface area contributed by atoms with Gasteiger partial charge in [0, 0.05) is 23.8 Å². The molecule has 4 heteroatoms. The van der Waals surface area contributed by atoms with Crippen LogP contribution in [0.3, 0.4) is 0 Å². The lowest BCUT2D eigenvalue weighted by Gasteiger charge is -2.12. The highest BCUT2D eigenvalue weighted by molar-refractivity contribution is 5.44. The van der Waals surface area contributed by atoms with Crippen LogP contribution < -0.4 is 11.5 Å². The lowest BCUT2D eigenvalue weighted by molar-refractivity contribution is 0.693. The number of hydrogen-bond donors (Lipinski definition) is 2. The van der Waals surface area contributed by atoms with Gasteiger partial charge in [-0.3, -0.25) is 9.97 Å². The summed E-state index contributed by atoms with van der Waals surface area (Å²) in [5.41, 5.74) is 15.5. The maximum atomic E-state index is 6.12. The molecule has 0 aliphatic rings. The number of pyridine rings is 2. The van der Waals surface area contributed by atoms with E-state index in [4.69, 9.17) is 11.5 Å². The SMILES string of the molecule is Cc1cccc(C(N)Cc2cnccc2N)n1. The van der Waals surface area contributed by atoms with Crippen molar-refractivity contribution in [3.63, 3.8) is 0 Å². The molecule has 4 nitrogen and oxygen atoms in total. The second-order valence-corrected chi connectivity index (χ2v) is 4.09. The number of rotatable bonds is 3. The van der Waals surface area contributed by atoms with Crippen LogP contribution in [0.15, 0.2) is 36.7 Å². The quantitative estimate of drug-likeness (QED) is 0.836. The zero-order valence-corrected chi connectivity index (χ0v) is 9.80. The summed E-state index contributed by atoms with van der Waals surface area (Å²) in [5, 5.41) is 0. The Morgan fingerprint density at radius 1 is 1.29 bits per heavy atom. The van der Waals surface area contributed by atoms with Gasteiger partial charge in [0.15, 0.2) is 0 Å². The molecule has 2 aromatic heterocycles. The monoisotopic (exact) mass is 228 g/mol. The van der Waals surface area contributed by atoms with Crippen molar-refractivity contribution in [3.8, 4) is 0 Å². The number of aromatic nitrogens is 2. The van der Waals surface area contributed by atoms with Crippen LogP contribution in [0.5, 0.6) is 0 Å². The summed E-state index contributed by atoms with van der Waals surface area (Å²) in [6, 6.07) is 7.48. The van der Waals surface area contributed by atoms with Crippen LogP contribution in [0.2, 0.25) is 0 Å². The van der Waals surface area contributed by atoms with Crippen molar-refractivity contribution in [2.45, 2.75) is 19.4 Å². The van der Waals surface area contributed by atoms with Gasteiger partial charge in [0.05, 0.1) is 11.7 Å². The molecule has 2 aromatic rings. The molecule has 17 heavy (non-hydrogen) atoms. The largest absolute Gasteiger partial charge is 0.398 e. The summed E-state index contributed by atoms with van der Waals surface area (Å²) in [4.78, 5) is 8.47. The van der Waals surface area contributed by atoms with Crippen LogP contribution in [0, 0.1) is 6.92 Å². The van der Waals surface area contributed by atoms with E-state index in [2.05, 4.69) is 9.97 Å². The molecule has 0 spiro atoms. The van der Waals surface area contributed by atoms with E-state index in [0.29, 0.717) is 6.42 Å². The predicted octanol–water partition coefficient (Wildman–Crippen LogP) is 1.61. The Morgan fingerprint density at radius 2 is 2.12 bits per heavy atom. The van der Waals surface area contributed by atoms with E-state index in [0.717, 1.165) is 22.6 Å². The van der Waals surface area contributed by atoms with Crippen LogP contribution in [0.1, 0.15) is 23.0 Å². The number of nitrogens with two attached hydrogens (primary N) is 2. The smallest absolute Gasteiger partial charge is 0.0577 e.